The van der Waals surface area contributed by atoms with Crippen molar-refractivity contribution in [2.45, 2.75) is 13.1 Å². The number of nitrogens with zero attached hydrogens (tertiary/aromatic N) is 2. The number of rotatable bonds is 2. The Bertz CT molecular complexity index is 195. The lowest BCUT2D eigenvalue weighted by Crippen LogP contribution is -2.52. The van der Waals surface area contributed by atoms with E-state index >= 15 is 0 Å². The first-order valence-electron chi connectivity index (χ1n) is 4.22. The summed E-state index contributed by atoms with van der Waals surface area (Å²) in [7, 11) is 4.04. The topological polar surface area (TPSA) is 40.5 Å². The Morgan fingerprint density at radius 1 is 1.75 bits per heavy atom. The van der Waals surface area contributed by atoms with Crippen LogP contribution < -0.4 is 0 Å². The van der Waals surface area contributed by atoms with E-state index in [1.54, 1.807) is 0 Å². The molecule has 0 spiro atoms. The van der Waals surface area contributed by atoms with Crippen LogP contribution >= 0.6 is 0 Å². The molecule has 0 saturated carbocycles. The van der Waals surface area contributed by atoms with Crippen LogP contribution in [0.25, 0.3) is 0 Å². The van der Waals surface area contributed by atoms with Gasteiger partial charge in [-0.05, 0) is 7.05 Å². The molecule has 2 unspecified atom stereocenters. The number of hydrogen-bond acceptors (Lipinski definition) is 2. The summed E-state index contributed by atoms with van der Waals surface area (Å²) in [5.41, 5.74) is 0. The van der Waals surface area contributed by atoms with E-state index in [4.69, 9.17) is 5.11 Å². The molecule has 1 heterocycles. The van der Waals surface area contributed by atoms with Crippen LogP contribution in [0, 0.1) is 0 Å². The summed E-state index contributed by atoms with van der Waals surface area (Å²) in [4.78, 5) is 12.8. The van der Waals surface area contributed by atoms with Gasteiger partial charge in [0.25, 0.3) is 0 Å². The predicted molar refractivity (Wildman–Crippen MR) is 45.6 cm³/mol. The number of carboxylic acid groups (broad SMARTS) is 1. The minimum Gasteiger partial charge on any atom is -0.477 e. The lowest BCUT2D eigenvalue weighted by Gasteiger charge is -2.33. The van der Waals surface area contributed by atoms with Crippen molar-refractivity contribution in [2.24, 2.45) is 0 Å². The first kappa shape index (κ1) is 9.48. The van der Waals surface area contributed by atoms with Crippen molar-refractivity contribution in [3.05, 3.63) is 0 Å². The van der Waals surface area contributed by atoms with Gasteiger partial charge in [-0.1, -0.05) is 0 Å². The molecule has 12 heavy (non-hydrogen) atoms. The molecular weight excluding hydrogens is 156 g/mol. The number of hydrogen-bond donors (Lipinski definition) is 1. The number of aliphatic carboxylic acids is 1. The largest absolute Gasteiger partial charge is 0.477 e. The molecule has 1 aliphatic heterocycles. The van der Waals surface area contributed by atoms with Gasteiger partial charge in [-0.3, -0.25) is 4.90 Å². The summed E-state index contributed by atoms with van der Waals surface area (Å²) in [5, 5.41) is 8.71. The van der Waals surface area contributed by atoms with Crippen molar-refractivity contribution >= 4 is 5.97 Å². The van der Waals surface area contributed by atoms with Crippen LogP contribution in [-0.4, -0.2) is 60.4 Å². The molecule has 70 valence electrons. The lowest BCUT2D eigenvalue weighted by atomic mass is 10.3. The zero-order valence-electron chi connectivity index (χ0n) is 7.95. The summed E-state index contributed by atoms with van der Waals surface area (Å²) >= 11 is 0. The van der Waals surface area contributed by atoms with Crippen LogP contribution in [0.2, 0.25) is 0 Å². The van der Waals surface area contributed by atoms with Gasteiger partial charge in [0, 0.05) is 6.92 Å². The molecule has 1 fully saturated rings. The molecule has 0 aromatic heterocycles. The molecule has 1 rings (SSSR count). The maximum atomic E-state index is 10.6. The van der Waals surface area contributed by atoms with Crippen molar-refractivity contribution in [3.8, 4) is 0 Å². The van der Waals surface area contributed by atoms with E-state index in [1.807, 2.05) is 14.1 Å². The molecule has 0 radical (unpaired) electrons. The highest BCUT2D eigenvalue weighted by atomic mass is 16.4. The number of likely N-dealkylation sites (N-methyl/N-ethyl adjacent to an activating group) is 2. The van der Waals surface area contributed by atoms with Gasteiger partial charge in [0.1, 0.15) is 6.17 Å². The van der Waals surface area contributed by atoms with Crippen molar-refractivity contribution < 1.29 is 14.4 Å². The van der Waals surface area contributed by atoms with E-state index in [9.17, 15) is 4.79 Å². The highest BCUT2D eigenvalue weighted by molar-refractivity contribution is 5.67. The Kier molecular flexibility index (Phi) is 2.39. The smallest absolute Gasteiger partial charge is 0.359 e. The Morgan fingerprint density at radius 3 is 2.67 bits per heavy atom. The first-order chi connectivity index (χ1) is 5.46. The monoisotopic (exact) mass is 173 g/mol. The fourth-order valence-corrected chi connectivity index (χ4v) is 1.76. The quantitative estimate of drug-likeness (QED) is 0.588. The van der Waals surface area contributed by atoms with Crippen molar-refractivity contribution in [1.29, 1.82) is 0 Å². The zero-order chi connectivity index (χ0) is 9.35. The average Bonchev–Trinajstić information content (AvgIpc) is 2.16. The second-order valence-corrected chi connectivity index (χ2v) is 3.87. The Hall–Kier alpha value is -0.610. The summed E-state index contributed by atoms with van der Waals surface area (Å²) in [6.45, 7) is 4.23. The van der Waals surface area contributed by atoms with Gasteiger partial charge < -0.3 is 9.59 Å². The molecule has 0 aliphatic carbocycles. The van der Waals surface area contributed by atoms with Gasteiger partial charge in [-0.25, -0.2) is 4.79 Å². The third-order valence-electron chi connectivity index (χ3n) is 3.00. The highest BCUT2D eigenvalue weighted by Gasteiger charge is 2.39. The van der Waals surface area contributed by atoms with Crippen LogP contribution in [0.3, 0.4) is 0 Å². The number of carboxylic acids is 1. The van der Waals surface area contributed by atoms with Gasteiger partial charge in [0.2, 0.25) is 0 Å². The van der Waals surface area contributed by atoms with E-state index < -0.39 is 5.97 Å². The first-order valence-corrected chi connectivity index (χ1v) is 4.22. The lowest BCUT2D eigenvalue weighted by molar-refractivity contribution is -0.917. The van der Waals surface area contributed by atoms with Gasteiger partial charge in [-0.15, -0.1) is 0 Å². The Morgan fingerprint density at radius 2 is 2.33 bits per heavy atom. The van der Waals surface area contributed by atoms with Crippen molar-refractivity contribution in [2.75, 3.05) is 33.7 Å². The van der Waals surface area contributed by atoms with E-state index in [0.29, 0.717) is 10.6 Å². The number of carbonyl (C=O) groups is 1. The minimum absolute atomic E-state index is 0.228. The second-order valence-electron chi connectivity index (χ2n) is 3.87. The molecule has 0 amide bonds. The summed E-state index contributed by atoms with van der Waals surface area (Å²) in [5.74, 6) is -0.709. The van der Waals surface area contributed by atoms with E-state index in [-0.39, 0.29) is 6.54 Å². The van der Waals surface area contributed by atoms with Crippen LogP contribution in [0.4, 0.5) is 0 Å². The van der Waals surface area contributed by atoms with Crippen LogP contribution in [0.15, 0.2) is 0 Å². The third kappa shape index (κ3) is 1.59. The van der Waals surface area contributed by atoms with Gasteiger partial charge >= 0.3 is 5.97 Å². The zero-order valence-corrected chi connectivity index (χ0v) is 7.95. The molecule has 2 atom stereocenters. The molecule has 0 aromatic carbocycles. The van der Waals surface area contributed by atoms with E-state index in [1.165, 1.54) is 0 Å². The summed E-state index contributed by atoms with van der Waals surface area (Å²) in [6, 6.07) is 0. The molecule has 4 heteroatoms. The predicted octanol–water partition coefficient (Wildman–Crippen LogP) is -0.191. The SMILES string of the molecule is CC1N(C)CC[N+]1(C)CC(=O)O. The van der Waals surface area contributed by atoms with Gasteiger partial charge in [0.15, 0.2) is 6.54 Å². The molecular formula is C8H17N2O2+. The molecule has 1 N–H and O–H groups in total. The standard InChI is InChI=1S/C8H16N2O2/c1-7-9(2)4-5-10(7,3)6-8(11)12/h7H,4-6H2,1-3H3/p+1. The molecule has 0 aromatic rings. The maximum absolute atomic E-state index is 10.6. The Balaban J connectivity index is 2.65. The molecule has 1 aliphatic rings. The fourth-order valence-electron chi connectivity index (χ4n) is 1.76. The normalized spacial score (nSPS) is 37.1. The Labute approximate surface area is 73.0 Å². The number of quaternary nitrogens is 1. The van der Waals surface area contributed by atoms with Gasteiger partial charge in [-0.2, -0.15) is 0 Å². The maximum Gasteiger partial charge on any atom is 0.359 e. The van der Waals surface area contributed by atoms with Crippen molar-refractivity contribution in [3.63, 3.8) is 0 Å². The third-order valence-corrected chi connectivity index (χ3v) is 3.00. The fraction of sp³-hybridized carbons (Fsp3) is 0.875. The highest BCUT2D eigenvalue weighted by Crippen LogP contribution is 2.19. The summed E-state index contributed by atoms with van der Waals surface area (Å²) in [6.07, 6.45) is 0.320. The van der Waals surface area contributed by atoms with Gasteiger partial charge in [0.05, 0.1) is 20.1 Å². The van der Waals surface area contributed by atoms with E-state index in [2.05, 4.69) is 11.8 Å². The van der Waals surface area contributed by atoms with E-state index in [0.717, 1.165) is 13.1 Å². The summed E-state index contributed by atoms with van der Waals surface area (Å²) < 4.78 is 0.631. The van der Waals surface area contributed by atoms with Crippen molar-refractivity contribution in [1.82, 2.24) is 4.90 Å². The average molecular weight is 173 g/mol. The molecule has 4 nitrogen and oxygen atoms in total. The molecule has 0 bridgehead atoms. The van der Waals surface area contributed by atoms with Crippen LogP contribution in [0.5, 0.6) is 0 Å². The second kappa shape index (κ2) is 3.03. The van der Waals surface area contributed by atoms with Crippen LogP contribution in [-0.2, 0) is 4.79 Å². The molecule has 1 saturated heterocycles. The minimum atomic E-state index is -0.709. The van der Waals surface area contributed by atoms with Crippen LogP contribution in [0.1, 0.15) is 6.92 Å².